The van der Waals surface area contributed by atoms with E-state index in [1.807, 2.05) is 67.3 Å². The van der Waals surface area contributed by atoms with Gasteiger partial charge in [-0.3, -0.25) is 0 Å². The molecule has 1 aliphatic carbocycles. The van der Waals surface area contributed by atoms with Crippen LogP contribution in [-0.2, 0) is 4.74 Å². The topological polar surface area (TPSA) is 12.2 Å². The highest BCUT2D eigenvalue weighted by molar-refractivity contribution is 6.02. The summed E-state index contributed by atoms with van der Waals surface area (Å²) in [4.78, 5) is 0. The van der Waals surface area contributed by atoms with Gasteiger partial charge in [-0.25, -0.2) is 13.4 Å². The Balaban J connectivity index is 1.71. The third kappa shape index (κ3) is 5.04. The molecule has 0 saturated carbocycles. The van der Waals surface area contributed by atoms with Crippen LogP contribution in [0.4, 0.5) is 8.78 Å². The van der Waals surface area contributed by atoms with E-state index in [-0.39, 0.29) is 11.6 Å². The monoisotopic (exact) mass is 414 g/mol. The van der Waals surface area contributed by atoms with Gasteiger partial charge in [0.1, 0.15) is 37.2 Å². The van der Waals surface area contributed by atoms with Gasteiger partial charge in [-0.1, -0.05) is 30.3 Å². The highest BCUT2D eigenvalue weighted by Gasteiger charge is 2.15. The standard InChI is InChI=1S/C27H22F2NO/c1-30(2)25-12-9-19(10-13-25)11-14-26-17-22(20-5-3-7-23(28)15-20)18-27(31-26)21-6-4-8-24(29)16-21/h3-18H,1-2H3/q+1. The average molecular weight is 414 g/mol. The lowest BCUT2D eigenvalue weighted by Gasteiger charge is -2.18. The SMILES string of the molecule is C[N+](C)=C1C=CC(=CC=C2C=C(c3cccc(F)c3)C=C(c3cccc(F)c3)O2)C=C1. The number of halogens is 2. The minimum Gasteiger partial charge on any atom is -0.457 e. The molecule has 0 unspecified atom stereocenters. The number of ether oxygens (including phenoxy) is 1. The molecule has 154 valence electrons. The zero-order chi connectivity index (χ0) is 21.8. The Hall–Kier alpha value is -3.79. The van der Waals surface area contributed by atoms with Crippen LogP contribution in [0.2, 0.25) is 0 Å². The molecule has 2 aromatic carbocycles. The molecule has 2 aliphatic rings. The van der Waals surface area contributed by atoms with Crippen LogP contribution >= 0.6 is 0 Å². The molecule has 4 rings (SSSR count). The molecule has 0 bridgehead atoms. The number of allylic oxidation sites excluding steroid dienone is 10. The van der Waals surface area contributed by atoms with Gasteiger partial charge < -0.3 is 4.74 Å². The van der Waals surface area contributed by atoms with Crippen molar-refractivity contribution in [1.29, 1.82) is 0 Å². The molecule has 0 spiro atoms. The zero-order valence-corrected chi connectivity index (χ0v) is 17.3. The van der Waals surface area contributed by atoms with E-state index < -0.39 is 0 Å². The van der Waals surface area contributed by atoms with E-state index in [2.05, 4.69) is 0 Å². The van der Waals surface area contributed by atoms with Crippen molar-refractivity contribution in [3.8, 4) is 0 Å². The molecular weight excluding hydrogens is 392 g/mol. The van der Waals surface area contributed by atoms with E-state index in [1.54, 1.807) is 24.3 Å². The summed E-state index contributed by atoms with van der Waals surface area (Å²) in [5.41, 5.74) is 4.25. The Morgan fingerprint density at radius 1 is 0.774 bits per heavy atom. The fourth-order valence-corrected chi connectivity index (χ4v) is 3.28. The summed E-state index contributed by atoms with van der Waals surface area (Å²) >= 11 is 0. The molecule has 31 heavy (non-hydrogen) atoms. The van der Waals surface area contributed by atoms with E-state index in [9.17, 15) is 8.78 Å². The fourth-order valence-electron chi connectivity index (χ4n) is 3.28. The summed E-state index contributed by atoms with van der Waals surface area (Å²) in [7, 11) is 3.99. The quantitative estimate of drug-likeness (QED) is 0.556. The summed E-state index contributed by atoms with van der Waals surface area (Å²) < 4.78 is 35.7. The first-order valence-corrected chi connectivity index (χ1v) is 9.93. The molecule has 1 aliphatic heterocycles. The van der Waals surface area contributed by atoms with Gasteiger partial charge in [0.15, 0.2) is 5.71 Å². The molecule has 0 amide bonds. The Kier molecular flexibility index (Phi) is 5.89. The van der Waals surface area contributed by atoms with Crippen molar-refractivity contribution in [2.75, 3.05) is 14.1 Å². The fraction of sp³-hybridized carbons (Fsp3) is 0.0741. The van der Waals surface area contributed by atoms with Gasteiger partial charge in [0.05, 0.1) is 0 Å². The van der Waals surface area contributed by atoms with Crippen LogP contribution in [0, 0.1) is 11.6 Å². The lowest BCUT2D eigenvalue weighted by molar-refractivity contribution is -0.462. The number of hydrogen-bond donors (Lipinski definition) is 0. The first-order chi connectivity index (χ1) is 15.0. The third-order valence-corrected chi connectivity index (χ3v) is 4.93. The molecule has 0 radical (unpaired) electrons. The second-order valence-corrected chi connectivity index (χ2v) is 7.45. The predicted molar refractivity (Wildman–Crippen MR) is 121 cm³/mol. The van der Waals surface area contributed by atoms with E-state index in [0.29, 0.717) is 17.1 Å². The van der Waals surface area contributed by atoms with Gasteiger partial charge in [0, 0.05) is 17.7 Å². The smallest absolute Gasteiger partial charge is 0.199 e. The normalized spacial score (nSPS) is 16.7. The molecule has 0 fully saturated rings. The highest BCUT2D eigenvalue weighted by atomic mass is 19.1. The molecule has 1 heterocycles. The van der Waals surface area contributed by atoms with E-state index >= 15 is 0 Å². The van der Waals surface area contributed by atoms with Crippen molar-refractivity contribution in [3.05, 3.63) is 131 Å². The predicted octanol–water partition coefficient (Wildman–Crippen LogP) is 6.07. The van der Waals surface area contributed by atoms with Crippen molar-refractivity contribution >= 4 is 17.0 Å². The molecule has 4 heteroatoms. The maximum absolute atomic E-state index is 13.8. The summed E-state index contributed by atoms with van der Waals surface area (Å²) in [5.74, 6) is 0.423. The molecule has 2 nitrogen and oxygen atoms in total. The Morgan fingerprint density at radius 2 is 1.42 bits per heavy atom. The van der Waals surface area contributed by atoms with Gasteiger partial charge in [-0.15, -0.1) is 0 Å². The van der Waals surface area contributed by atoms with Gasteiger partial charge in [0.2, 0.25) is 0 Å². The molecule has 0 aromatic heterocycles. The van der Waals surface area contributed by atoms with E-state index in [0.717, 1.165) is 22.4 Å². The van der Waals surface area contributed by atoms with Crippen molar-refractivity contribution in [2.45, 2.75) is 0 Å². The van der Waals surface area contributed by atoms with E-state index in [4.69, 9.17) is 4.74 Å². The lowest BCUT2D eigenvalue weighted by Crippen LogP contribution is -2.09. The molecule has 0 saturated heterocycles. The second kappa shape index (κ2) is 8.92. The van der Waals surface area contributed by atoms with Gasteiger partial charge in [0.25, 0.3) is 0 Å². The number of hydrogen-bond acceptors (Lipinski definition) is 1. The van der Waals surface area contributed by atoms with Crippen molar-refractivity contribution in [1.82, 2.24) is 0 Å². The Bertz CT molecular complexity index is 1220. The zero-order valence-electron chi connectivity index (χ0n) is 17.3. The Morgan fingerprint density at radius 3 is 2.06 bits per heavy atom. The van der Waals surface area contributed by atoms with Gasteiger partial charge in [-0.05, 0) is 71.4 Å². The van der Waals surface area contributed by atoms with Crippen LogP contribution < -0.4 is 0 Å². The number of nitrogens with zero attached hydrogens (tertiary/aromatic N) is 1. The largest absolute Gasteiger partial charge is 0.457 e. The average Bonchev–Trinajstić information content (AvgIpc) is 2.78. The summed E-state index contributed by atoms with van der Waals surface area (Å²) in [5, 5.41) is 0. The van der Waals surface area contributed by atoms with Crippen LogP contribution in [0.3, 0.4) is 0 Å². The molecule has 0 atom stereocenters. The van der Waals surface area contributed by atoms with Crippen LogP contribution in [0.25, 0.3) is 11.3 Å². The second-order valence-electron chi connectivity index (χ2n) is 7.45. The number of rotatable bonds is 3. The van der Waals surface area contributed by atoms with Gasteiger partial charge in [-0.2, -0.15) is 0 Å². The third-order valence-electron chi connectivity index (χ3n) is 4.93. The van der Waals surface area contributed by atoms with Crippen LogP contribution in [0.1, 0.15) is 11.1 Å². The first kappa shape index (κ1) is 20.5. The summed E-state index contributed by atoms with van der Waals surface area (Å²) in [6.45, 7) is 0. The highest BCUT2D eigenvalue weighted by Crippen LogP contribution is 2.32. The molecule has 2 aromatic rings. The summed E-state index contributed by atoms with van der Waals surface area (Å²) in [6.07, 6.45) is 15.6. The minimum atomic E-state index is -0.345. The van der Waals surface area contributed by atoms with Crippen LogP contribution in [-0.4, -0.2) is 24.4 Å². The first-order valence-electron chi connectivity index (χ1n) is 9.93. The Labute approximate surface area is 180 Å². The number of benzene rings is 2. The molecule has 0 N–H and O–H groups in total. The maximum Gasteiger partial charge on any atom is 0.199 e. The van der Waals surface area contributed by atoms with E-state index in [1.165, 1.54) is 24.3 Å². The van der Waals surface area contributed by atoms with Crippen LogP contribution in [0.5, 0.6) is 0 Å². The summed E-state index contributed by atoms with van der Waals surface area (Å²) in [6, 6.07) is 12.6. The maximum atomic E-state index is 13.8. The van der Waals surface area contributed by atoms with Crippen molar-refractivity contribution < 1.29 is 18.1 Å². The van der Waals surface area contributed by atoms with Crippen LogP contribution in [0.15, 0.2) is 108 Å². The molecular formula is C27H22F2NO+. The van der Waals surface area contributed by atoms with Gasteiger partial charge >= 0.3 is 0 Å². The lowest BCUT2D eigenvalue weighted by atomic mass is 10.00. The minimum absolute atomic E-state index is 0.316. The van der Waals surface area contributed by atoms with Crippen molar-refractivity contribution in [3.63, 3.8) is 0 Å². The van der Waals surface area contributed by atoms with Crippen molar-refractivity contribution in [2.24, 2.45) is 0 Å².